The fraction of sp³-hybridized carbons (Fsp3) is 0.458. The van der Waals surface area contributed by atoms with E-state index in [2.05, 4.69) is 55.5 Å². The largest absolute Gasteiger partial charge is 0.491 e. The van der Waals surface area contributed by atoms with E-state index < -0.39 is 0 Å². The number of hydrogen-bond acceptors (Lipinski definition) is 5. The highest BCUT2D eigenvalue weighted by Gasteiger charge is 2.26. The van der Waals surface area contributed by atoms with Crippen molar-refractivity contribution in [1.29, 1.82) is 0 Å². The van der Waals surface area contributed by atoms with Gasteiger partial charge >= 0.3 is 0 Å². The number of fused-ring (bicyclic) bond motifs is 2. The van der Waals surface area contributed by atoms with E-state index in [-0.39, 0.29) is 6.04 Å². The molecule has 2 aromatic heterocycles. The third-order valence-electron chi connectivity index (χ3n) is 6.50. The zero-order valence-electron chi connectivity index (χ0n) is 17.4. The molecule has 2 aliphatic rings. The molecule has 1 aliphatic carbocycles. The van der Waals surface area contributed by atoms with E-state index in [0.29, 0.717) is 12.5 Å². The molecule has 156 valence electrons. The Kier molecular flexibility index (Phi) is 5.39. The summed E-state index contributed by atoms with van der Waals surface area (Å²) in [7, 11) is 0. The van der Waals surface area contributed by atoms with Gasteiger partial charge in [-0.05, 0) is 55.7 Å². The van der Waals surface area contributed by atoms with Crippen LogP contribution in [0.3, 0.4) is 0 Å². The molecule has 1 fully saturated rings. The Morgan fingerprint density at radius 3 is 2.57 bits per heavy atom. The van der Waals surface area contributed by atoms with Crippen molar-refractivity contribution < 1.29 is 4.74 Å². The maximum atomic E-state index is 6.27. The number of aliphatic imine (C=N–C) groups is 1. The number of pyridine rings is 1. The minimum Gasteiger partial charge on any atom is -0.491 e. The first-order valence-electron chi connectivity index (χ1n) is 11.1. The molecule has 1 aromatic carbocycles. The van der Waals surface area contributed by atoms with E-state index in [9.17, 15) is 0 Å². The maximum Gasteiger partial charge on any atom is 0.231 e. The zero-order chi connectivity index (χ0) is 20.3. The van der Waals surface area contributed by atoms with Gasteiger partial charge in [0.15, 0.2) is 5.65 Å². The molecule has 30 heavy (non-hydrogen) atoms. The van der Waals surface area contributed by atoms with E-state index in [0.717, 1.165) is 43.3 Å². The number of hydrogen-bond donors (Lipinski definition) is 0. The number of rotatable bonds is 5. The van der Waals surface area contributed by atoms with Crippen LogP contribution in [0.5, 0.6) is 5.75 Å². The molecular weight excluding hydrogens is 374 g/mol. The van der Waals surface area contributed by atoms with Crippen LogP contribution in [0.4, 0.5) is 5.95 Å². The Morgan fingerprint density at radius 1 is 0.967 bits per heavy atom. The van der Waals surface area contributed by atoms with Crippen LogP contribution < -0.4 is 9.64 Å². The Hall–Kier alpha value is -2.89. The Balaban J connectivity index is 1.35. The molecule has 1 saturated heterocycles. The Labute approximate surface area is 177 Å². The second-order valence-corrected chi connectivity index (χ2v) is 8.41. The first-order valence-corrected chi connectivity index (χ1v) is 11.1. The summed E-state index contributed by atoms with van der Waals surface area (Å²) in [5, 5.41) is 8.83. The first-order chi connectivity index (χ1) is 14.8. The van der Waals surface area contributed by atoms with Gasteiger partial charge in [0, 0.05) is 19.0 Å². The van der Waals surface area contributed by atoms with Gasteiger partial charge in [0.1, 0.15) is 5.75 Å². The smallest absolute Gasteiger partial charge is 0.231 e. The molecule has 0 amide bonds. The minimum absolute atomic E-state index is 0.210. The quantitative estimate of drug-likeness (QED) is 0.574. The standard InChI is InChI=1S/C24H29N5O/c1-25-22-12-10-18(20-8-4-5-9-21(20)22)17-30-19-11-13-23-26-27-24(29(23)16-19)28-14-6-2-3-7-15-28/h4-5,8-9,11,13,16,18,22H,1-3,6-7,10,12,14-15,17H2/t18?,22-/m0/s1. The van der Waals surface area contributed by atoms with Crippen LogP contribution >= 0.6 is 0 Å². The third kappa shape index (κ3) is 3.66. The van der Waals surface area contributed by atoms with Crippen molar-refractivity contribution >= 4 is 18.3 Å². The van der Waals surface area contributed by atoms with Gasteiger partial charge in [-0.2, -0.15) is 0 Å². The summed E-state index contributed by atoms with van der Waals surface area (Å²) >= 11 is 0. The summed E-state index contributed by atoms with van der Waals surface area (Å²) in [5.41, 5.74) is 3.51. The molecule has 1 aliphatic heterocycles. The number of benzene rings is 1. The predicted molar refractivity (Wildman–Crippen MR) is 120 cm³/mol. The number of aromatic nitrogens is 3. The van der Waals surface area contributed by atoms with Gasteiger partial charge < -0.3 is 9.64 Å². The molecule has 1 unspecified atom stereocenters. The summed E-state index contributed by atoms with van der Waals surface area (Å²) in [6, 6.07) is 12.8. The van der Waals surface area contributed by atoms with Crippen molar-refractivity contribution in [2.24, 2.45) is 4.99 Å². The maximum absolute atomic E-state index is 6.27. The van der Waals surface area contributed by atoms with E-state index in [4.69, 9.17) is 4.74 Å². The van der Waals surface area contributed by atoms with Gasteiger partial charge in [-0.1, -0.05) is 37.1 Å². The first kappa shape index (κ1) is 19.1. The van der Waals surface area contributed by atoms with Crippen molar-refractivity contribution in [3.05, 3.63) is 53.7 Å². The van der Waals surface area contributed by atoms with E-state index in [1.807, 2.05) is 18.3 Å². The van der Waals surface area contributed by atoms with Crippen LogP contribution in [0.2, 0.25) is 0 Å². The van der Waals surface area contributed by atoms with Crippen molar-refractivity contribution in [1.82, 2.24) is 14.6 Å². The predicted octanol–water partition coefficient (Wildman–Crippen LogP) is 4.81. The van der Waals surface area contributed by atoms with Crippen LogP contribution in [0.15, 0.2) is 47.6 Å². The molecule has 0 radical (unpaired) electrons. The average molecular weight is 404 g/mol. The van der Waals surface area contributed by atoms with Gasteiger partial charge in [-0.25, -0.2) is 0 Å². The van der Waals surface area contributed by atoms with Gasteiger partial charge in [0.25, 0.3) is 0 Å². The lowest BCUT2D eigenvalue weighted by molar-refractivity contribution is 0.269. The van der Waals surface area contributed by atoms with Gasteiger partial charge in [-0.15, -0.1) is 10.2 Å². The highest BCUT2D eigenvalue weighted by Crippen LogP contribution is 2.39. The monoisotopic (exact) mass is 403 g/mol. The van der Waals surface area contributed by atoms with Crippen molar-refractivity contribution in [3.8, 4) is 5.75 Å². The van der Waals surface area contributed by atoms with Crippen LogP contribution in [0, 0.1) is 0 Å². The van der Waals surface area contributed by atoms with Crippen molar-refractivity contribution in [2.45, 2.75) is 50.5 Å². The fourth-order valence-electron chi connectivity index (χ4n) is 4.85. The molecule has 0 spiro atoms. The van der Waals surface area contributed by atoms with Gasteiger partial charge in [0.2, 0.25) is 5.95 Å². The molecular formula is C24H29N5O. The average Bonchev–Trinajstić information content (AvgIpc) is 3.02. The van der Waals surface area contributed by atoms with Crippen molar-refractivity contribution in [3.63, 3.8) is 0 Å². The summed E-state index contributed by atoms with van der Waals surface area (Å²) in [5.74, 6) is 2.17. The molecule has 3 heterocycles. The van der Waals surface area contributed by atoms with E-state index in [1.54, 1.807) is 0 Å². The Morgan fingerprint density at radius 2 is 1.77 bits per heavy atom. The zero-order valence-corrected chi connectivity index (χ0v) is 17.4. The lowest BCUT2D eigenvalue weighted by Crippen LogP contribution is -2.26. The number of ether oxygens (including phenoxy) is 1. The molecule has 3 aromatic rings. The van der Waals surface area contributed by atoms with Crippen LogP contribution in [0.1, 0.15) is 61.6 Å². The molecule has 6 nitrogen and oxygen atoms in total. The van der Waals surface area contributed by atoms with Gasteiger partial charge in [0.05, 0.1) is 18.8 Å². The second kappa shape index (κ2) is 8.46. The number of anilines is 1. The van der Waals surface area contributed by atoms with Crippen LogP contribution in [-0.4, -0.2) is 41.0 Å². The van der Waals surface area contributed by atoms with Crippen LogP contribution in [0.25, 0.3) is 5.65 Å². The highest BCUT2D eigenvalue weighted by molar-refractivity contribution is 5.49. The summed E-state index contributed by atoms with van der Waals surface area (Å²) in [4.78, 5) is 6.68. The van der Waals surface area contributed by atoms with E-state index >= 15 is 0 Å². The number of nitrogens with zero attached hydrogens (tertiary/aromatic N) is 5. The molecule has 0 bridgehead atoms. The lowest BCUT2D eigenvalue weighted by Gasteiger charge is -2.29. The highest BCUT2D eigenvalue weighted by atomic mass is 16.5. The van der Waals surface area contributed by atoms with Gasteiger partial charge in [-0.3, -0.25) is 9.39 Å². The topological polar surface area (TPSA) is 55.0 Å². The molecule has 2 atom stereocenters. The molecule has 5 rings (SSSR count). The summed E-state index contributed by atoms with van der Waals surface area (Å²) < 4.78 is 8.35. The molecule has 6 heteroatoms. The van der Waals surface area contributed by atoms with E-state index in [1.165, 1.54) is 36.8 Å². The normalized spacial score (nSPS) is 21.8. The second-order valence-electron chi connectivity index (χ2n) is 8.41. The Bertz CT molecular complexity index is 1020. The lowest BCUT2D eigenvalue weighted by atomic mass is 9.80. The fourth-order valence-corrected chi connectivity index (χ4v) is 4.85. The summed E-state index contributed by atoms with van der Waals surface area (Å²) in [6.07, 6.45) is 9.16. The minimum atomic E-state index is 0.210. The SMILES string of the molecule is C=N[C@H]1CCC(COc2ccc3nnc(N4CCCCCC4)n3c2)c2ccccc21. The third-order valence-corrected chi connectivity index (χ3v) is 6.50. The van der Waals surface area contributed by atoms with Crippen molar-refractivity contribution in [2.75, 3.05) is 24.6 Å². The van der Waals surface area contributed by atoms with Crippen LogP contribution in [-0.2, 0) is 0 Å². The molecule has 0 saturated carbocycles. The summed E-state index contributed by atoms with van der Waals surface area (Å²) in [6.45, 7) is 6.53. The molecule has 0 N–H and O–H groups in total.